The minimum Gasteiger partial charge on any atom is -0.457 e. The van der Waals surface area contributed by atoms with E-state index in [1.165, 1.54) is 4.68 Å². The highest BCUT2D eigenvalue weighted by Gasteiger charge is 2.33. The molecule has 0 unspecified atom stereocenters. The van der Waals surface area contributed by atoms with E-state index in [9.17, 15) is 13.2 Å². The largest absolute Gasteiger partial charge is 0.457 e. The molecule has 0 N–H and O–H groups in total. The quantitative estimate of drug-likeness (QED) is 0.0920. The Morgan fingerprint density at radius 1 is 0.534 bits per heavy atom. The van der Waals surface area contributed by atoms with Crippen LogP contribution in [0.3, 0.4) is 0 Å². The molecule has 6 aromatic carbocycles. The van der Waals surface area contributed by atoms with Gasteiger partial charge in [-0.15, -0.1) is 0 Å². The summed E-state index contributed by atoms with van der Waals surface area (Å²) in [6, 6.07) is 42.0. The van der Waals surface area contributed by atoms with Gasteiger partial charge in [0.2, 0.25) is 5.82 Å². The number of pyridine rings is 1. The number of nitrogens with zero attached hydrogens (tertiary/aromatic N) is 4. The fraction of sp³-hybridized carbons (Fsp3) is 0.0833. The molecule has 5 nitrogen and oxygen atoms in total. The van der Waals surface area contributed by atoms with Gasteiger partial charge in [0.25, 0.3) is 0 Å². The Balaban J connectivity index is 1.21. The van der Waals surface area contributed by atoms with Crippen LogP contribution < -0.4 is 4.74 Å². The average Bonchev–Trinajstić information content (AvgIpc) is 3.79. The van der Waals surface area contributed by atoms with Gasteiger partial charge < -0.3 is 4.74 Å². The van der Waals surface area contributed by atoms with Crippen molar-refractivity contribution in [3.8, 4) is 56.6 Å². The van der Waals surface area contributed by atoms with E-state index in [2.05, 4.69) is 43.5 Å². The Bertz CT molecular complexity index is 2990. The molecule has 0 aliphatic rings. The number of hydrogen-bond acceptors (Lipinski definition) is 3. The number of para-hydroxylation sites is 1. The number of aromatic nitrogens is 4. The van der Waals surface area contributed by atoms with Crippen LogP contribution in [0.1, 0.15) is 26.3 Å². The first-order valence-corrected chi connectivity index (χ1v) is 18.5. The monoisotopic (exact) mass is 776 g/mol. The van der Waals surface area contributed by atoms with E-state index in [1.54, 1.807) is 84.9 Å². The van der Waals surface area contributed by atoms with Gasteiger partial charge in [-0.2, -0.15) is 5.10 Å². The highest BCUT2D eigenvalue weighted by atomic mass is 19.2. The maximum Gasteiger partial charge on any atom is 0.200 e. The fourth-order valence-corrected chi connectivity index (χ4v) is 7.41. The van der Waals surface area contributed by atoms with Crippen molar-refractivity contribution in [1.82, 2.24) is 19.3 Å². The summed E-state index contributed by atoms with van der Waals surface area (Å²) in [7, 11) is 0. The molecule has 9 aromatic rings. The van der Waals surface area contributed by atoms with Crippen LogP contribution in [-0.2, 0) is 5.41 Å². The summed E-state index contributed by atoms with van der Waals surface area (Å²) in [5.74, 6) is -8.58. The van der Waals surface area contributed by atoms with E-state index in [0.717, 1.165) is 33.2 Å². The second-order valence-corrected chi connectivity index (χ2v) is 14.9. The normalized spacial score (nSPS) is 11.8. The summed E-state index contributed by atoms with van der Waals surface area (Å²) in [4.78, 5) is 4.77. The van der Waals surface area contributed by atoms with E-state index >= 15 is 8.78 Å². The first kappa shape index (κ1) is 36.6. The standard InChI is InChI=1S/C48H33F5N4O/c1-48(2,3)30-23-24-54-38(25-30)56-36-20-11-10-19-34(36)35-22-21-33(27-37(35)56)58-32-18-12-17-31(26-32)57-47(29-15-8-5-9-16-29)40(46(55-57)28-13-6-4-7-14-28)39-41(49)43(51)45(53)44(52)42(39)50/h4-27H,1-3H3. The number of rotatable bonds is 7. The van der Waals surface area contributed by atoms with Crippen LogP contribution in [0.25, 0.3) is 67.0 Å². The second kappa shape index (κ2) is 14.1. The lowest BCUT2D eigenvalue weighted by atomic mass is 9.88. The summed E-state index contributed by atoms with van der Waals surface area (Å²) in [5.41, 5.74) is 2.90. The lowest BCUT2D eigenvalue weighted by Crippen LogP contribution is -2.12. The molecule has 0 aliphatic carbocycles. The number of hydrogen-bond donors (Lipinski definition) is 0. The van der Waals surface area contributed by atoms with E-state index in [-0.39, 0.29) is 22.4 Å². The first-order valence-electron chi connectivity index (χ1n) is 18.5. The van der Waals surface area contributed by atoms with Gasteiger partial charge in [0.1, 0.15) is 23.0 Å². The number of ether oxygens (including phenoxy) is 1. The predicted octanol–water partition coefficient (Wildman–Crippen LogP) is 13.2. The zero-order chi connectivity index (χ0) is 40.3. The third kappa shape index (κ3) is 6.17. The van der Waals surface area contributed by atoms with Crippen LogP contribution in [0.4, 0.5) is 22.0 Å². The van der Waals surface area contributed by atoms with Crippen molar-refractivity contribution >= 4 is 21.8 Å². The Morgan fingerprint density at radius 3 is 1.86 bits per heavy atom. The van der Waals surface area contributed by atoms with Crippen LogP contribution >= 0.6 is 0 Å². The van der Waals surface area contributed by atoms with Crippen molar-refractivity contribution in [3.63, 3.8) is 0 Å². The van der Waals surface area contributed by atoms with Crippen molar-refractivity contribution in [2.24, 2.45) is 0 Å². The van der Waals surface area contributed by atoms with Crippen molar-refractivity contribution in [2.75, 3.05) is 0 Å². The van der Waals surface area contributed by atoms with Gasteiger partial charge >= 0.3 is 0 Å². The van der Waals surface area contributed by atoms with Gasteiger partial charge in [-0.3, -0.25) is 4.57 Å². The Labute approximate surface area is 330 Å². The molecule has 0 atom stereocenters. The molecular formula is C48H33F5N4O. The highest BCUT2D eigenvalue weighted by Crippen LogP contribution is 2.45. The smallest absolute Gasteiger partial charge is 0.200 e. The predicted molar refractivity (Wildman–Crippen MR) is 217 cm³/mol. The van der Waals surface area contributed by atoms with Crippen molar-refractivity contribution in [1.29, 1.82) is 0 Å². The molecule has 9 rings (SSSR count). The van der Waals surface area contributed by atoms with Gasteiger partial charge in [0.15, 0.2) is 23.3 Å². The maximum absolute atomic E-state index is 15.8. The minimum absolute atomic E-state index is 0.0106. The molecule has 0 radical (unpaired) electrons. The van der Waals surface area contributed by atoms with E-state index in [1.807, 2.05) is 42.6 Å². The van der Waals surface area contributed by atoms with Crippen molar-refractivity contribution in [2.45, 2.75) is 26.2 Å². The van der Waals surface area contributed by atoms with E-state index in [4.69, 9.17) is 14.8 Å². The fourth-order valence-electron chi connectivity index (χ4n) is 7.41. The number of halogens is 5. The SMILES string of the molecule is CC(C)(C)c1ccnc(-n2c3ccccc3c3ccc(Oc4cccc(-n5nc(-c6ccccc6)c(-c6c(F)c(F)c(F)c(F)c6F)c5-c5ccccc5)c4)cc32)c1. The zero-order valence-electron chi connectivity index (χ0n) is 31.4. The molecule has 0 saturated heterocycles. The number of fused-ring (bicyclic) bond motifs is 3. The molecule has 3 aromatic heterocycles. The highest BCUT2D eigenvalue weighted by molar-refractivity contribution is 6.09. The Morgan fingerprint density at radius 2 is 1.16 bits per heavy atom. The molecule has 0 bridgehead atoms. The lowest BCUT2D eigenvalue weighted by Gasteiger charge is -2.20. The third-order valence-corrected chi connectivity index (χ3v) is 10.2. The van der Waals surface area contributed by atoms with Gasteiger partial charge in [-0.1, -0.05) is 106 Å². The number of benzene rings is 6. The summed E-state index contributed by atoms with van der Waals surface area (Å²) in [6.45, 7) is 6.48. The van der Waals surface area contributed by atoms with Gasteiger partial charge in [0.05, 0.1) is 28.0 Å². The second-order valence-electron chi connectivity index (χ2n) is 14.9. The lowest BCUT2D eigenvalue weighted by molar-refractivity contribution is 0.381. The summed E-state index contributed by atoms with van der Waals surface area (Å²) in [6.07, 6.45) is 1.82. The Hall–Kier alpha value is -7.07. The van der Waals surface area contributed by atoms with Gasteiger partial charge in [0, 0.05) is 45.8 Å². The van der Waals surface area contributed by atoms with Crippen LogP contribution in [0.5, 0.6) is 11.5 Å². The average molecular weight is 777 g/mol. The summed E-state index contributed by atoms with van der Waals surface area (Å²) < 4.78 is 85.8. The molecule has 58 heavy (non-hydrogen) atoms. The molecule has 0 spiro atoms. The maximum atomic E-state index is 15.8. The molecule has 0 aliphatic heterocycles. The molecule has 10 heteroatoms. The molecule has 0 amide bonds. The van der Waals surface area contributed by atoms with Crippen LogP contribution in [-0.4, -0.2) is 19.3 Å². The van der Waals surface area contributed by atoms with Gasteiger partial charge in [-0.25, -0.2) is 31.6 Å². The zero-order valence-corrected chi connectivity index (χ0v) is 31.4. The van der Waals surface area contributed by atoms with Gasteiger partial charge in [-0.05, 0) is 53.4 Å². The third-order valence-electron chi connectivity index (χ3n) is 10.2. The topological polar surface area (TPSA) is 44.9 Å². The van der Waals surface area contributed by atoms with Crippen molar-refractivity contribution < 1.29 is 26.7 Å². The van der Waals surface area contributed by atoms with Crippen LogP contribution in [0.2, 0.25) is 0 Å². The van der Waals surface area contributed by atoms with Crippen molar-refractivity contribution in [3.05, 3.63) is 180 Å². The van der Waals surface area contributed by atoms with E-state index < -0.39 is 34.6 Å². The summed E-state index contributed by atoms with van der Waals surface area (Å²) >= 11 is 0. The molecule has 286 valence electrons. The first-order chi connectivity index (χ1) is 28.0. The van der Waals surface area contributed by atoms with Crippen LogP contribution in [0.15, 0.2) is 146 Å². The molecular weight excluding hydrogens is 744 g/mol. The molecule has 3 heterocycles. The van der Waals surface area contributed by atoms with E-state index in [0.29, 0.717) is 28.3 Å². The Kier molecular flexibility index (Phi) is 8.92. The minimum atomic E-state index is -2.24. The summed E-state index contributed by atoms with van der Waals surface area (Å²) in [5, 5.41) is 6.90. The molecule has 0 fully saturated rings. The molecule has 0 saturated carbocycles. The van der Waals surface area contributed by atoms with Crippen LogP contribution in [0, 0.1) is 29.1 Å².